The van der Waals surface area contributed by atoms with Gasteiger partial charge < -0.3 is 69.3 Å². The first-order chi connectivity index (χ1) is 63.3. The van der Waals surface area contributed by atoms with Gasteiger partial charge in [-0.05, 0) is 141 Å². The SMILES string of the molecule is C.CC(C)n1nccc1-c1nccc2c1C(=O)CO2.CC(C)n1nccc1-c1nccc2c1C(O)CO2.CC(C)n1nccc1-c1nccc2c1C(Oc1cccc(O)c1C=O)CO2.CCOC(=O)CO.CCc1oc2ccnc(-c3ccnn3C(C)C)c2c1O.CCc1oc2ccnc(Cl)c2c1O.COC(=O)c1c(Cl)ccnc1Cl.Cl.O=C(O)c1c(Cl)ccnc1Cl.O=C=O.O=C=O.[B].[H-].[Na+]. The Bertz CT molecular complexity index is 6370. The summed E-state index contributed by atoms with van der Waals surface area (Å²) in [5.41, 5.74) is 9.77. The summed E-state index contributed by atoms with van der Waals surface area (Å²) in [7, 11) is 1.25. The average Bonchev–Trinajstić information content (AvgIpc) is 1.61. The number of aryl methyl sites for hydroxylation is 2. The number of pyridine rings is 7. The van der Waals surface area contributed by atoms with E-state index in [1.165, 1.54) is 37.7 Å². The number of nitrogens with zero attached hydrogens (tertiary/aromatic N) is 15. The molecule has 6 N–H and O–H groups in total. The number of carbonyl (C=O) groups is 5. The normalized spacial score (nSPS) is 12.2. The second-order valence-electron chi connectivity index (χ2n) is 28.3. The fourth-order valence-electron chi connectivity index (χ4n) is 12.9. The fraction of sp³-hybridized carbons (Fsp3) is 0.289. The Hall–Kier alpha value is -13.0. The number of Topliss-reactive ketones (excluding diaryl/α,β-unsaturated/α-hetero) is 1. The number of esters is 2. The van der Waals surface area contributed by atoms with Crippen molar-refractivity contribution in [2.45, 2.75) is 133 Å². The number of hydrogen-bond acceptors (Lipinski definition) is 33. The van der Waals surface area contributed by atoms with Crippen molar-refractivity contribution < 1.29 is 142 Å². The van der Waals surface area contributed by atoms with Gasteiger partial charge in [0.1, 0.15) is 115 Å². The maximum Gasteiger partial charge on any atom is 1.00 e. The van der Waals surface area contributed by atoms with Crippen LogP contribution in [0.15, 0.2) is 162 Å². The number of ether oxygens (including phenoxy) is 6. The van der Waals surface area contributed by atoms with Crippen LogP contribution in [0.5, 0.6) is 40.2 Å². The number of carboxylic acids is 1. The Morgan fingerprint density at radius 2 is 0.949 bits per heavy atom. The molecule has 16 heterocycles. The smallest absolute Gasteiger partial charge is 1.00 e. The number of aromatic nitrogens is 15. The van der Waals surface area contributed by atoms with E-state index >= 15 is 0 Å². The summed E-state index contributed by atoms with van der Waals surface area (Å²) >= 11 is 28.1. The summed E-state index contributed by atoms with van der Waals surface area (Å²) in [5, 5.41) is 75.4. The number of hydrogen-bond donors (Lipinski definition) is 6. The summed E-state index contributed by atoms with van der Waals surface area (Å²) in [4.78, 5) is 116. The number of fused-ring (bicyclic) bond motifs is 5. The molecule has 3 aliphatic heterocycles. The summed E-state index contributed by atoms with van der Waals surface area (Å²) in [6.07, 6.45) is 19.3. The number of benzene rings is 1. The van der Waals surface area contributed by atoms with Crippen molar-refractivity contribution in [3.05, 3.63) is 224 Å². The Morgan fingerprint density at radius 3 is 1.38 bits per heavy atom. The largest absolute Gasteiger partial charge is 1.00 e. The minimum atomic E-state index is -1.17. The second kappa shape index (κ2) is 55.8. The first-order valence-corrected chi connectivity index (χ1v) is 41.8. The van der Waals surface area contributed by atoms with Crippen LogP contribution in [0, 0.1) is 0 Å². The molecule has 3 radical (unpaired) electrons. The number of rotatable bonds is 17. The molecule has 13 aromatic heterocycles. The zero-order chi connectivity index (χ0) is 96.7. The molecule has 713 valence electrons. The van der Waals surface area contributed by atoms with Crippen molar-refractivity contribution in [2.75, 3.05) is 40.1 Å². The predicted octanol–water partition coefficient (Wildman–Crippen LogP) is 14.3. The van der Waals surface area contributed by atoms with Gasteiger partial charge in [0.2, 0.25) is 5.78 Å². The number of phenolic OH excluding ortho intramolecular Hbond substituents is 1. The molecule has 2 unspecified atom stereocenters. The molecule has 46 heteroatoms. The van der Waals surface area contributed by atoms with Gasteiger partial charge in [-0.15, -0.1) is 12.4 Å². The van der Waals surface area contributed by atoms with Crippen LogP contribution in [0.25, 0.3) is 67.5 Å². The van der Waals surface area contributed by atoms with Crippen LogP contribution >= 0.6 is 70.4 Å². The number of aromatic hydroxyl groups is 3. The monoisotopic (exact) mass is 2000 g/mol. The zero-order valence-electron chi connectivity index (χ0n) is 75.6. The Kier molecular flexibility index (Phi) is 47.3. The number of methoxy groups -OCH3 is 1. The Morgan fingerprint density at radius 1 is 0.544 bits per heavy atom. The minimum Gasteiger partial charge on any atom is -1.00 e. The van der Waals surface area contributed by atoms with Gasteiger partial charge in [0.15, 0.2) is 30.5 Å². The number of phenols is 1. The fourth-order valence-corrected chi connectivity index (χ4v) is 14.2. The molecule has 136 heavy (non-hydrogen) atoms. The zero-order valence-corrected chi connectivity index (χ0v) is 81.2. The number of carboxylic acid groups (broad SMARTS) is 1. The van der Waals surface area contributed by atoms with Crippen molar-refractivity contribution >= 4 is 143 Å². The first-order valence-electron chi connectivity index (χ1n) is 39.9. The third kappa shape index (κ3) is 28.6. The van der Waals surface area contributed by atoms with Gasteiger partial charge in [-0.3, -0.25) is 48.3 Å². The number of aromatic carboxylic acids is 1. The van der Waals surface area contributed by atoms with Gasteiger partial charge in [-0.2, -0.15) is 39.6 Å². The summed E-state index contributed by atoms with van der Waals surface area (Å²) in [6.45, 7) is 22.5. The molecule has 38 nitrogen and oxygen atoms in total. The number of furan rings is 2. The number of aliphatic hydroxyl groups excluding tert-OH is 2. The van der Waals surface area contributed by atoms with Crippen molar-refractivity contribution in [1.82, 2.24) is 74.0 Å². The van der Waals surface area contributed by atoms with E-state index in [4.69, 9.17) is 115 Å². The number of aliphatic hydroxyl groups is 2. The topological polar surface area (TPSA) is 518 Å². The van der Waals surface area contributed by atoms with E-state index in [9.17, 15) is 44.4 Å². The molecule has 17 rings (SSSR count). The van der Waals surface area contributed by atoms with Gasteiger partial charge in [0.05, 0.1) is 91.0 Å². The molecule has 3 aliphatic rings. The van der Waals surface area contributed by atoms with Crippen molar-refractivity contribution in [3.63, 3.8) is 0 Å². The van der Waals surface area contributed by atoms with Crippen LogP contribution in [0.1, 0.15) is 185 Å². The molecule has 0 spiro atoms. The van der Waals surface area contributed by atoms with Gasteiger partial charge in [-0.25, -0.2) is 29.3 Å². The summed E-state index contributed by atoms with van der Waals surface area (Å²) in [5.74, 6) is 1.27. The van der Waals surface area contributed by atoms with Crippen LogP contribution in [0.2, 0.25) is 25.5 Å². The van der Waals surface area contributed by atoms with Crippen LogP contribution in [0.3, 0.4) is 0 Å². The van der Waals surface area contributed by atoms with Crippen molar-refractivity contribution in [3.8, 4) is 85.8 Å². The maximum atomic E-state index is 11.9. The van der Waals surface area contributed by atoms with Crippen LogP contribution in [-0.2, 0) is 46.3 Å². The number of carbonyl (C=O) groups excluding carboxylic acids is 8. The molecule has 2 atom stereocenters. The number of aldehydes is 1. The van der Waals surface area contributed by atoms with Gasteiger partial charge in [-0.1, -0.05) is 85.3 Å². The molecule has 0 saturated carbocycles. The van der Waals surface area contributed by atoms with Crippen LogP contribution in [-0.4, -0.2) is 195 Å². The molecular formula is C90H94BCl6N15NaO23. The third-order valence-corrected chi connectivity index (χ3v) is 20.1. The Labute approximate surface area is 835 Å². The van der Waals surface area contributed by atoms with Gasteiger partial charge in [0.25, 0.3) is 0 Å². The average molecular weight is 2000 g/mol. The predicted molar refractivity (Wildman–Crippen MR) is 498 cm³/mol. The molecule has 0 saturated heterocycles. The van der Waals surface area contributed by atoms with E-state index in [-0.39, 0.29) is 174 Å². The van der Waals surface area contributed by atoms with Crippen molar-refractivity contribution in [1.29, 1.82) is 0 Å². The Balaban J connectivity index is 0.000000406. The summed E-state index contributed by atoms with van der Waals surface area (Å²) in [6, 6.07) is 24.8. The maximum absolute atomic E-state index is 11.9. The molecular weight excluding hydrogens is 1910 g/mol. The first kappa shape index (κ1) is 115. The quantitative estimate of drug-likeness (QED) is 0.0213. The van der Waals surface area contributed by atoms with E-state index in [1.54, 1.807) is 105 Å². The van der Waals surface area contributed by atoms with E-state index < -0.39 is 36.7 Å². The number of halogens is 6. The molecule has 1 aromatic carbocycles. The van der Waals surface area contributed by atoms with Crippen LogP contribution < -0.4 is 48.5 Å². The molecule has 0 aliphatic carbocycles. The third-order valence-electron chi connectivity index (χ3n) is 18.6. The van der Waals surface area contributed by atoms with Gasteiger partial charge >= 0.3 is 59.8 Å². The second-order valence-corrected chi connectivity index (χ2v) is 30.2. The van der Waals surface area contributed by atoms with E-state index in [1.807, 2.05) is 84.5 Å². The molecule has 0 bridgehead atoms. The number of ketones is 1. The van der Waals surface area contributed by atoms with Gasteiger partial charge in [0, 0.05) is 114 Å². The molecule has 0 fully saturated rings. The van der Waals surface area contributed by atoms with Crippen LogP contribution in [0.4, 0.5) is 0 Å². The summed E-state index contributed by atoms with van der Waals surface area (Å²) < 4.78 is 49.9. The van der Waals surface area contributed by atoms with E-state index in [0.717, 1.165) is 45.3 Å². The van der Waals surface area contributed by atoms with E-state index in [0.29, 0.717) is 106 Å². The van der Waals surface area contributed by atoms with Crippen molar-refractivity contribution in [2.24, 2.45) is 0 Å². The minimum absolute atomic E-state index is 0. The molecule has 14 aromatic rings. The van der Waals surface area contributed by atoms with E-state index in [2.05, 4.69) is 92.5 Å². The standard InChI is InChI=1S/C20H19N3O4.C15H17N3O2.C13H15N3O2.C13H13N3O2.C9H8ClNO2.C7H5Cl2NO2.C6H3Cl2NO2.C4H8O3.2CO2.CH4.B.ClH.Na.H/c1-12(2)23-14(6-9-22-23)20-19-17(7-8-21-20)26-11-18(19)27-16-5-3-4-15(25)13(16)10-24;1-4-11-15(19)13-12(20-11)6-7-16-14(13)10-5-8-17-18(10)9(2)3;2*1-8(2)16-9(3-6-15-16)13-12-10(17)7-18-11(12)4-5-14-13;1-2-5-8(12)7-6(13-5)3-4-11-9(7)10;1-12-7(11)5-4(8)2-3-10-6(5)9;7-3-1-2-9-5(8)4(3)6(10)11;1-2-7-4(6)3-5;2*2-1-3;;;;;/h3-10,12,18,25H,11H2,1-2H3;5-9,19H,4H2,1-3H3;3-6,8,10,17H,7H2,1-2H3;3-6,8H,7H2,1-2H3;3-4,12H,2H2,1H3;2-3H,1H3;1-2H,(H,10,11);5H,2-3H2,1H3;;;1H4;;1H;;/q;;;;;;;;;;;;;+1;-1. The molecule has 0 amide bonds.